The minimum atomic E-state index is -3.38. The molecule has 4 rings (SSSR count). The maximum absolute atomic E-state index is 12.1. The van der Waals surface area contributed by atoms with E-state index in [0.717, 1.165) is 0 Å². The highest BCUT2D eigenvalue weighted by atomic mass is 35.5. The maximum atomic E-state index is 12.1. The predicted molar refractivity (Wildman–Crippen MR) is 152 cm³/mol. The molecule has 38 heavy (non-hydrogen) atoms. The molecule has 1 N–H and O–H groups in total. The van der Waals surface area contributed by atoms with Crippen LogP contribution in [0.4, 0.5) is 0 Å². The van der Waals surface area contributed by atoms with Crippen LogP contribution in [-0.4, -0.2) is 101 Å². The van der Waals surface area contributed by atoms with Crippen molar-refractivity contribution in [1.82, 2.24) is 18.8 Å². The van der Waals surface area contributed by atoms with E-state index in [1.165, 1.54) is 77.2 Å². The number of nitrogens with one attached hydrogen (secondary N) is 1. The number of morpholine rings is 1. The van der Waals surface area contributed by atoms with Crippen LogP contribution in [0.3, 0.4) is 0 Å². The number of halogens is 1. The van der Waals surface area contributed by atoms with Crippen LogP contribution in [0.2, 0.25) is 5.02 Å². The fourth-order valence-electron chi connectivity index (χ4n) is 2.52. The van der Waals surface area contributed by atoms with Crippen LogP contribution in [0.5, 0.6) is 0 Å². The van der Waals surface area contributed by atoms with Crippen molar-refractivity contribution >= 4 is 45.9 Å². The van der Waals surface area contributed by atoms with Gasteiger partial charge in [0.1, 0.15) is 0 Å². The molecule has 1 aromatic rings. The van der Waals surface area contributed by atoms with Crippen LogP contribution in [0.1, 0.15) is 32.1 Å². The van der Waals surface area contributed by atoms with Crippen molar-refractivity contribution in [2.24, 2.45) is 0 Å². The van der Waals surface area contributed by atoms with Gasteiger partial charge in [-0.25, -0.2) is 8.42 Å². The summed E-state index contributed by atoms with van der Waals surface area (Å²) in [4.78, 5) is 23.5. The summed E-state index contributed by atoms with van der Waals surface area (Å²) in [5.41, 5.74) is 0. The zero-order chi connectivity index (χ0) is 28.4. The van der Waals surface area contributed by atoms with Gasteiger partial charge in [0.05, 0.1) is 30.8 Å². The Bertz CT molecular complexity index is 933. The van der Waals surface area contributed by atoms with E-state index < -0.39 is 10.0 Å². The first-order chi connectivity index (χ1) is 18.1. The second-order valence-corrected chi connectivity index (χ2v) is 11.9. The Morgan fingerprint density at radius 1 is 1.18 bits per heavy atom. The molecule has 0 atom stereocenters. The molecule has 0 spiro atoms. The van der Waals surface area contributed by atoms with Gasteiger partial charge < -0.3 is 19.7 Å². The van der Waals surface area contributed by atoms with E-state index in [9.17, 15) is 18.0 Å². The molecule has 1 aliphatic heterocycles. The Hall–Kier alpha value is -1.67. The molecule has 2 amide bonds. The molecule has 0 aromatic heterocycles. The zero-order valence-corrected chi connectivity index (χ0v) is 25.1. The highest BCUT2D eigenvalue weighted by molar-refractivity contribution is 7.96. The van der Waals surface area contributed by atoms with Crippen LogP contribution in [-0.2, 0) is 29.1 Å². The Morgan fingerprint density at radius 3 is 2.16 bits per heavy atom. The summed E-state index contributed by atoms with van der Waals surface area (Å²) in [6.07, 6.45) is 13.1. The predicted octanol–water partition coefficient (Wildman–Crippen LogP) is 3.20. The van der Waals surface area contributed by atoms with Crippen LogP contribution in [0, 0.1) is 0 Å². The molecule has 1 heterocycles. The van der Waals surface area contributed by atoms with Crippen LogP contribution >= 0.6 is 23.5 Å². The summed E-state index contributed by atoms with van der Waals surface area (Å²) in [6.45, 7) is 2.04. The summed E-state index contributed by atoms with van der Waals surface area (Å²) in [5.74, 6) is -0.113. The standard InChI is InChI=1S/C10H12ClNO3S.C8H15N3O2S.C4H8O.C3H6/c11-9-1-3-10(4-2-9)16(13,14)12-5-7-15-8-6-12;1-10(2)6-8(13)9-4-5-11(7-12)14-3;1-5-4-2-3-4;1-2-3-1/h1-4H,5-8H2;4-5,7H,6H2,1-3H3,(H,9,13);4H,2-3H2,1H3;1-3H2/b;5-4+;;. The van der Waals surface area contributed by atoms with Gasteiger partial charge in [-0.15, -0.1) is 0 Å². The van der Waals surface area contributed by atoms with Gasteiger partial charge in [0.2, 0.25) is 22.3 Å². The monoisotopic (exact) mass is 592 g/mol. The molecule has 13 heteroatoms. The number of rotatable bonds is 9. The van der Waals surface area contributed by atoms with Gasteiger partial charge in [-0.3, -0.25) is 13.9 Å². The molecule has 0 bridgehead atoms. The maximum Gasteiger partial charge on any atom is 0.243 e. The van der Waals surface area contributed by atoms with E-state index in [4.69, 9.17) is 21.1 Å². The molecule has 0 radical (unpaired) electrons. The van der Waals surface area contributed by atoms with E-state index in [-0.39, 0.29) is 10.8 Å². The van der Waals surface area contributed by atoms with Gasteiger partial charge in [-0.1, -0.05) is 30.9 Å². The largest absolute Gasteiger partial charge is 0.381 e. The van der Waals surface area contributed by atoms with Gasteiger partial charge in [0, 0.05) is 43.9 Å². The van der Waals surface area contributed by atoms with Crippen molar-refractivity contribution in [2.75, 3.05) is 60.3 Å². The molecule has 1 saturated heterocycles. The van der Waals surface area contributed by atoms with Crippen molar-refractivity contribution in [3.8, 4) is 0 Å². The summed E-state index contributed by atoms with van der Waals surface area (Å²) in [6, 6.07) is 6.20. The van der Waals surface area contributed by atoms with E-state index in [1.54, 1.807) is 30.4 Å². The minimum absolute atomic E-state index is 0.113. The molecule has 0 unspecified atom stereocenters. The Morgan fingerprint density at radius 2 is 1.76 bits per heavy atom. The number of hydrogen-bond acceptors (Lipinski definition) is 8. The lowest BCUT2D eigenvalue weighted by Crippen LogP contribution is -2.40. The quantitative estimate of drug-likeness (QED) is 0.344. The normalized spacial score (nSPS) is 16.7. The van der Waals surface area contributed by atoms with E-state index in [2.05, 4.69) is 5.32 Å². The molecule has 3 aliphatic rings. The lowest BCUT2D eigenvalue weighted by Gasteiger charge is -2.25. The van der Waals surface area contributed by atoms with E-state index in [1.807, 2.05) is 14.1 Å². The van der Waals surface area contributed by atoms with Crippen molar-refractivity contribution in [3.05, 3.63) is 41.7 Å². The van der Waals surface area contributed by atoms with Crippen molar-refractivity contribution in [3.63, 3.8) is 0 Å². The summed E-state index contributed by atoms with van der Waals surface area (Å²) in [5, 5.41) is 3.07. The van der Waals surface area contributed by atoms with Gasteiger partial charge >= 0.3 is 0 Å². The average molecular weight is 593 g/mol. The Kier molecular flexibility index (Phi) is 17.5. The summed E-state index contributed by atoms with van der Waals surface area (Å²) >= 11 is 6.97. The second kappa shape index (κ2) is 19.4. The number of carbonyl (C=O) groups excluding carboxylic acids is 2. The second-order valence-electron chi connectivity index (χ2n) is 8.74. The molecular formula is C25H41ClN4O6S2. The lowest BCUT2D eigenvalue weighted by atomic mass is 10.4. The first-order valence-electron chi connectivity index (χ1n) is 12.4. The van der Waals surface area contributed by atoms with Gasteiger partial charge in [-0.05, 0) is 63.2 Å². The van der Waals surface area contributed by atoms with Gasteiger partial charge in [0.15, 0.2) is 0 Å². The number of likely N-dealkylation sites (N-methyl/N-ethyl adjacent to an activating group) is 1. The van der Waals surface area contributed by atoms with Crippen LogP contribution < -0.4 is 5.32 Å². The molecule has 2 aliphatic carbocycles. The number of hydrogen-bond donors (Lipinski definition) is 1. The highest BCUT2D eigenvalue weighted by Gasteiger charge is 2.25. The van der Waals surface area contributed by atoms with Crippen LogP contribution in [0.25, 0.3) is 0 Å². The zero-order valence-electron chi connectivity index (χ0n) is 22.7. The number of ether oxygens (including phenoxy) is 2. The number of carbonyl (C=O) groups is 2. The number of nitrogens with zero attached hydrogens (tertiary/aromatic N) is 3. The molecule has 216 valence electrons. The van der Waals surface area contributed by atoms with Crippen molar-refractivity contribution in [2.45, 2.75) is 43.1 Å². The molecule has 1 aromatic carbocycles. The van der Waals surface area contributed by atoms with E-state index in [0.29, 0.717) is 50.4 Å². The SMILES string of the molecule is C1CC1.COC1CC1.CSN(C=O)/C=C/NC(=O)CN(C)C.O=S(=O)(c1ccc(Cl)cc1)N1CCOCC1. The lowest BCUT2D eigenvalue weighted by molar-refractivity contribution is -0.120. The van der Waals surface area contributed by atoms with Crippen molar-refractivity contribution < 1.29 is 27.5 Å². The first kappa shape index (κ1) is 34.4. The van der Waals surface area contributed by atoms with Crippen LogP contribution in [0.15, 0.2) is 41.6 Å². The van der Waals surface area contributed by atoms with Gasteiger partial charge in [0.25, 0.3) is 0 Å². The molecule has 2 saturated carbocycles. The number of benzene rings is 1. The highest BCUT2D eigenvalue weighted by Crippen LogP contribution is 2.21. The number of methoxy groups -OCH3 is 1. The van der Waals surface area contributed by atoms with E-state index >= 15 is 0 Å². The third kappa shape index (κ3) is 16.3. The summed E-state index contributed by atoms with van der Waals surface area (Å²) < 4.78 is 37.0. The summed E-state index contributed by atoms with van der Waals surface area (Å²) in [7, 11) is 1.99. The molecule has 3 fully saturated rings. The number of sulfonamides is 1. The molecule has 10 nitrogen and oxygen atoms in total. The number of amides is 2. The smallest absolute Gasteiger partial charge is 0.243 e. The average Bonchev–Trinajstić information content (AvgIpc) is 3.81. The Labute approximate surface area is 236 Å². The fraction of sp³-hybridized carbons (Fsp3) is 0.600. The Balaban J connectivity index is 0.000000295. The first-order valence-corrected chi connectivity index (χ1v) is 15.4. The third-order valence-corrected chi connectivity index (χ3v) is 7.67. The van der Waals surface area contributed by atoms with Crippen molar-refractivity contribution in [1.29, 1.82) is 0 Å². The van der Waals surface area contributed by atoms with Gasteiger partial charge in [-0.2, -0.15) is 4.31 Å². The molecular weight excluding hydrogens is 552 g/mol. The minimum Gasteiger partial charge on any atom is -0.381 e. The fourth-order valence-corrected chi connectivity index (χ4v) is 4.32. The topological polar surface area (TPSA) is 108 Å². The third-order valence-electron chi connectivity index (χ3n) is 4.87.